The molecule has 0 saturated heterocycles. The molecule has 0 rings (SSSR count). The van der Waals surface area contributed by atoms with Crippen molar-refractivity contribution in [3.05, 3.63) is 0 Å². The molecule has 0 aliphatic rings. The van der Waals surface area contributed by atoms with Crippen LogP contribution in [0.4, 0.5) is 0 Å². The van der Waals surface area contributed by atoms with Gasteiger partial charge in [-0.05, 0) is 47.3 Å². The predicted molar refractivity (Wildman–Crippen MR) is 284 cm³/mol. The summed E-state index contributed by atoms with van der Waals surface area (Å²) in [7, 11) is 0. The van der Waals surface area contributed by atoms with E-state index in [-0.39, 0.29) is 54.0 Å². The minimum atomic E-state index is -2.38. The normalized spacial score (nSPS) is 11.1. The van der Waals surface area contributed by atoms with E-state index in [4.69, 9.17) is 143 Å². The van der Waals surface area contributed by atoms with Gasteiger partial charge in [-0.1, -0.05) is 158 Å². The van der Waals surface area contributed by atoms with Crippen LogP contribution < -0.4 is 0 Å². The van der Waals surface area contributed by atoms with E-state index in [1.165, 1.54) is 0 Å². The Morgan fingerprint density at radius 2 is 0.355 bits per heavy atom. The monoisotopic (exact) mass is 1430 g/mol. The maximum atomic E-state index is 8.26. The zero-order valence-electron chi connectivity index (χ0n) is 38.7. The largest absolute Gasteiger partial charge is 2.00 e. The van der Waals surface area contributed by atoms with Crippen LogP contribution in [0.3, 0.4) is 0 Å². The second kappa shape index (κ2) is 60.1. The Bertz CT molecular complexity index is 905. The molecule has 0 fully saturated rings. The van der Waals surface area contributed by atoms with Crippen LogP contribution in [0.25, 0.3) is 0 Å². The molecule has 30 heteroatoms. The van der Waals surface area contributed by atoms with Gasteiger partial charge in [0.25, 0.3) is 0 Å². The van der Waals surface area contributed by atoms with Crippen LogP contribution in [0.1, 0.15) is 111 Å². The summed E-state index contributed by atoms with van der Waals surface area (Å²) in [5, 5.41) is 0. The third-order valence-electron chi connectivity index (χ3n) is 4.53. The van der Waals surface area contributed by atoms with E-state index < -0.39 is 22.8 Å². The van der Waals surface area contributed by atoms with Gasteiger partial charge in [0.15, 0.2) is 0 Å². The van der Waals surface area contributed by atoms with Gasteiger partial charge in [-0.2, -0.15) is 0 Å². The summed E-state index contributed by atoms with van der Waals surface area (Å²) in [6.45, 7) is 37.8. The van der Waals surface area contributed by atoms with Crippen molar-refractivity contribution in [1.29, 1.82) is 0 Å². The van der Waals surface area contributed by atoms with E-state index in [1.54, 1.807) is 0 Å². The van der Waals surface area contributed by atoms with Crippen LogP contribution in [-0.2, 0) is 256 Å². The van der Waals surface area contributed by atoms with Gasteiger partial charge in [0, 0.05) is 0 Å². The van der Waals surface area contributed by atoms with E-state index in [0.29, 0.717) is 160 Å². The van der Waals surface area contributed by atoms with Crippen molar-refractivity contribution in [3.63, 3.8) is 0 Å². The Morgan fingerprint density at radius 3 is 0.403 bits per heavy atom. The molecule has 0 atom stereocenters. The van der Waals surface area contributed by atoms with Gasteiger partial charge in [0.2, 0.25) is 0 Å². The molecule has 0 aromatic rings. The minimum absolute atomic E-state index is 0. The zero-order chi connectivity index (χ0) is 47.9. The van der Waals surface area contributed by atoms with E-state index in [2.05, 4.69) is 111 Å². The van der Waals surface area contributed by atoms with Gasteiger partial charge in [-0.3, -0.25) is 0 Å². The second-order valence-electron chi connectivity index (χ2n) is 15.3. The van der Waals surface area contributed by atoms with Gasteiger partial charge in [0.1, 0.15) is 0 Å². The molecular weight excluding hydrogens is 1360 g/mol. The molecule has 0 aliphatic carbocycles. The van der Waals surface area contributed by atoms with Crippen LogP contribution in [0.15, 0.2) is 0 Å². The van der Waals surface area contributed by atoms with Gasteiger partial charge < -0.3 is 139 Å². The summed E-state index contributed by atoms with van der Waals surface area (Å²) >= 11 is 42.6. The Balaban J connectivity index is -0.0000000583. The molecular formula is C32H72Mo3O11P4S12. The average Bonchev–Trinajstić information content (AvgIpc) is 3.12. The standard InChI is InChI=1S/4C8H19O2PS2.3Mo.3O.4S/c4*1-7(2)5-9-11(12,13)10-6-8(3)4;;;;;;;;;;/h4*7-8H,5-6H2,1-4H3,(H,12,13);;;;;;;;;;/q;;;;3*+4;;;;4*-2/p-4. The van der Waals surface area contributed by atoms with Crippen molar-refractivity contribution in [2.75, 3.05) is 52.9 Å². The van der Waals surface area contributed by atoms with Crippen molar-refractivity contribution in [2.24, 2.45) is 47.3 Å². The fraction of sp³-hybridized carbons (Fsp3) is 1.00. The fourth-order valence-corrected chi connectivity index (χ4v) is 9.14. The molecule has 0 radical (unpaired) electrons. The molecule has 0 aliphatic heterocycles. The van der Waals surface area contributed by atoms with Crippen molar-refractivity contribution >= 4 is 173 Å². The van der Waals surface area contributed by atoms with Gasteiger partial charge in [-0.25, -0.2) is 0 Å². The Labute approximate surface area is 483 Å². The third-order valence-corrected chi connectivity index (χ3v) is 13.3. The molecule has 11 nitrogen and oxygen atoms in total. The molecule has 0 aromatic heterocycles. The Hall–Kier alpha value is 6.54. The average molecular weight is 1430 g/mol. The summed E-state index contributed by atoms with van der Waals surface area (Å²) in [4.78, 5) is 0. The first-order valence-electron chi connectivity index (χ1n) is 18.2. The molecule has 0 heterocycles. The SMILES string of the molecule is CC(C)COP(=S)([S-])OCC(C)C.CC(C)COP(=S)([S-])OCC(C)C.CC(C)COP(=S)([S-])OCC(C)C.CC(C)COP(=S)([S-])OCC(C)C.[O]=[Mo+4].[O]=[Mo+4].[O]=[Mo+4].[S-2].[S-2].[S-2].[S-2]. The van der Waals surface area contributed by atoms with E-state index >= 15 is 0 Å². The van der Waals surface area contributed by atoms with Crippen LogP contribution in [0, 0.1) is 47.3 Å². The van der Waals surface area contributed by atoms with Crippen LogP contribution in [0.5, 0.6) is 0 Å². The molecule has 0 aromatic carbocycles. The smallest absolute Gasteiger partial charge is 2.00 e. The number of hydrogen-bond donors (Lipinski definition) is 0. The fourth-order valence-electron chi connectivity index (χ4n) is 2.07. The minimum Gasteiger partial charge on any atom is -2.00 e. The molecule has 0 amide bonds. The van der Waals surface area contributed by atoms with Crippen molar-refractivity contribution in [1.82, 2.24) is 0 Å². The first kappa shape index (κ1) is 94.4. The molecule has 0 unspecified atom stereocenters. The molecule has 0 bridgehead atoms. The van der Waals surface area contributed by atoms with Crippen molar-refractivity contribution in [2.45, 2.75) is 111 Å². The van der Waals surface area contributed by atoms with E-state index in [0.717, 1.165) is 0 Å². The molecule has 0 spiro atoms. The number of hydrogen-bond acceptors (Lipinski definition) is 19. The summed E-state index contributed by atoms with van der Waals surface area (Å²) in [5.74, 6) is 3.61. The maximum absolute atomic E-state index is 8.26. The third kappa shape index (κ3) is 96.1. The van der Waals surface area contributed by atoms with E-state index in [1.807, 2.05) is 0 Å². The molecule has 0 N–H and O–H groups in total. The quantitative estimate of drug-likeness (QED) is 0.0516. The summed E-state index contributed by atoms with van der Waals surface area (Å²) in [6, 6.07) is 0. The van der Waals surface area contributed by atoms with Gasteiger partial charge >= 0.3 is 69.5 Å². The summed E-state index contributed by atoms with van der Waals surface area (Å²) < 4.78 is 67.7. The Morgan fingerprint density at radius 1 is 0.290 bits per heavy atom. The van der Waals surface area contributed by atoms with Gasteiger partial charge in [0.05, 0.1) is 75.6 Å². The Kier molecular flexibility index (Phi) is 91.5. The van der Waals surface area contributed by atoms with Crippen LogP contribution >= 0.6 is 22.8 Å². The first-order valence-corrected chi connectivity index (χ1v) is 35.3. The van der Waals surface area contributed by atoms with Crippen LogP contribution in [-0.4, -0.2) is 52.9 Å². The second-order valence-corrected chi connectivity index (χ2v) is 35.3. The first-order chi connectivity index (χ1) is 26.3. The topological polar surface area (TPSA) is 125 Å². The summed E-state index contributed by atoms with van der Waals surface area (Å²) in [5.41, 5.74) is -9.53. The molecule has 0 saturated carbocycles. The predicted octanol–water partition coefficient (Wildman–Crippen LogP) is 12.0. The maximum Gasteiger partial charge on any atom is -2.00 e. The van der Waals surface area contributed by atoms with E-state index in [9.17, 15) is 0 Å². The number of rotatable bonds is 24. The van der Waals surface area contributed by atoms with Crippen LogP contribution in [0.2, 0.25) is 0 Å². The van der Waals surface area contributed by atoms with Crippen molar-refractivity contribution in [3.8, 4) is 0 Å². The molecule has 62 heavy (non-hydrogen) atoms. The van der Waals surface area contributed by atoms with Gasteiger partial charge in [-0.15, -0.1) is 0 Å². The summed E-state index contributed by atoms with van der Waals surface area (Å²) in [6.07, 6.45) is 0. The van der Waals surface area contributed by atoms with Crippen molar-refractivity contribution < 1.29 is 106 Å². The molecule has 376 valence electrons. The zero-order valence-corrected chi connectivity index (χ0v) is 58.1.